The van der Waals surface area contributed by atoms with Crippen molar-refractivity contribution in [3.05, 3.63) is 22.7 Å². The molecule has 1 aliphatic rings. The standard InChI is InChI=1S/C16H23ClO3/c1-10-4-6-11(7-5-10)15(18)12-8-13(17)16(20-3)14(9-12)19-2/h8-11,15,18H,4-7H2,1-3H3. The van der Waals surface area contributed by atoms with E-state index in [1.165, 1.54) is 12.8 Å². The van der Waals surface area contributed by atoms with Crippen LogP contribution in [0.1, 0.15) is 44.3 Å². The fraction of sp³-hybridized carbons (Fsp3) is 0.625. The number of methoxy groups -OCH3 is 2. The average molecular weight is 299 g/mol. The van der Waals surface area contributed by atoms with Gasteiger partial charge in [-0.25, -0.2) is 0 Å². The van der Waals surface area contributed by atoms with Crippen LogP contribution in [-0.4, -0.2) is 19.3 Å². The molecule has 3 nitrogen and oxygen atoms in total. The highest BCUT2D eigenvalue weighted by atomic mass is 35.5. The normalized spacial score (nSPS) is 24.2. The molecular formula is C16H23ClO3. The molecule has 0 aliphatic heterocycles. The maximum absolute atomic E-state index is 10.6. The molecule has 1 aliphatic carbocycles. The number of ether oxygens (including phenoxy) is 2. The molecule has 1 aromatic carbocycles. The number of benzene rings is 1. The van der Waals surface area contributed by atoms with E-state index >= 15 is 0 Å². The van der Waals surface area contributed by atoms with Gasteiger partial charge in [0.25, 0.3) is 0 Å². The first-order valence-corrected chi connectivity index (χ1v) is 7.54. The van der Waals surface area contributed by atoms with Crippen molar-refractivity contribution in [2.24, 2.45) is 11.8 Å². The summed E-state index contributed by atoms with van der Waals surface area (Å²) in [5.41, 5.74) is 0.812. The largest absolute Gasteiger partial charge is 0.493 e. The van der Waals surface area contributed by atoms with E-state index in [1.807, 2.05) is 6.07 Å². The van der Waals surface area contributed by atoms with Crippen LogP contribution in [0.25, 0.3) is 0 Å². The third-order valence-corrected chi connectivity index (χ3v) is 4.59. The van der Waals surface area contributed by atoms with Crippen LogP contribution in [0.5, 0.6) is 11.5 Å². The minimum atomic E-state index is -0.486. The second-order valence-corrected chi connectivity index (χ2v) is 6.11. The summed E-state index contributed by atoms with van der Waals surface area (Å²) in [6, 6.07) is 3.61. The number of rotatable bonds is 4. The number of aliphatic hydroxyl groups excluding tert-OH is 1. The smallest absolute Gasteiger partial charge is 0.179 e. The lowest BCUT2D eigenvalue weighted by Gasteiger charge is -2.30. The van der Waals surface area contributed by atoms with Crippen molar-refractivity contribution in [2.75, 3.05) is 14.2 Å². The molecule has 1 unspecified atom stereocenters. The van der Waals surface area contributed by atoms with Gasteiger partial charge in [0.15, 0.2) is 11.5 Å². The second kappa shape index (κ2) is 6.68. The molecule has 1 fully saturated rings. The van der Waals surface area contributed by atoms with E-state index in [0.29, 0.717) is 22.4 Å². The van der Waals surface area contributed by atoms with Crippen molar-refractivity contribution < 1.29 is 14.6 Å². The Balaban J connectivity index is 2.21. The summed E-state index contributed by atoms with van der Waals surface area (Å²) >= 11 is 6.20. The van der Waals surface area contributed by atoms with Gasteiger partial charge >= 0.3 is 0 Å². The van der Waals surface area contributed by atoms with Crippen molar-refractivity contribution >= 4 is 11.6 Å². The van der Waals surface area contributed by atoms with Gasteiger partial charge in [-0.05, 0) is 42.4 Å². The average Bonchev–Trinajstić information content (AvgIpc) is 2.46. The van der Waals surface area contributed by atoms with E-state index in [4.69, 9.17) is 21.1 Å². The predicted molar refractivity (Wildman–Crippen MR) is 80.6 cm³/mol. The SMILES string of the molecule is COc1cc(C(O)C2CCC(C)CC2)cc(Cl)c1OC. The van der Waals surface area contributed by atoms with Crippen LogP contribution < -0.4 is 9.47 Å². The molecule has 1 atom stereocenters. The van der Waals surface area contributed by atoms with E-state index in [2.05, 4.69) is 6.92 Å². The zero-order valence-corrected chi connectivity index (χ0v) is 13.1. The Morgan fingerprint density at radius 1 is 1.15 bits per heavy atom. The molecule has 1 saturated carbocycles. The minimum Gasteiger partial charge on any atom is -0.493 e. The Hall–Kier alpha value is -0.930. The Bertz CT molecular complexity index is 453. The maximum Gasteiger partial charge on any atom is 0.179 e. The quantitative estimate of drug-likeness (QED) is 0.904. The maximum atomic E-state index is 10.6. The first kappa shape index (κ1) is 15.5. The van der Waals surface area contributed by atoms with Gasteiger partial charge in [-0.15, -0.1) is 0 Å². The molecule has 20 heavy (non-hydrogen) atoms. The lowest BCUT2D eigenvalue weighted by molar-refractivity contribution is 0.0753. The summed E-state index contributed by atoms with van der Waals surface area (Å²) in [7, 11) is 3.13. The molecule has 4 heteroatoms. The highest BCUT2D eigenvalue weighted by molar-refractivity contribution is 6.32. The Labute approximate surface area is 125 Å². The zero-order chi connectivity index (χ0) is 14.7. The lowest BCUT2D eigenvalue weighted by atomic mass is 9.78. The first-order valence-electron chi connectivity index (χ1n) is 7.16. The molecule has 0 amide bonds. The minimum absolute atomic E-state index is 0.306. The van der Waals surface area contributed by atoms with Crippen molar-refractivity contribution in [2.45, 2.75) is 38.7 Å². The van der Waals surface area contributed by atoms with Crippen molar-refractivity contribution in [1.29, 1.82) is 0 Å². The van der Waals surface area contributed by atoms with Gasteiger partial charge in [0.05, 0.1) is 25.3 Å². The van der Waals surface area contributed by atoms with E-state index in [0.717, 1.165) is 24.3 Å². The van der Waals surface area contributed by atoms with E-state index in [1.54, 1.807) is 20.3 Å². The van der Waals surface area contributed by atoms with Crippen molar-refractivity contribution in [3.63, 3.8) is 0 Å². The van der Waals surface area contributed by atoms with Gasteiger partial charge in [-0.3, -0.25) is 0 Å². The molecular weight excluding hydrogens is 276 g/mol. The highest BCUT2D eigenvalue weighted by Gasteiger charge is 2.27. The Morgan fingerprint density at radius 2 is 1.80 bits per heavy atom. The van der Waals surface area contributed by atoms with Gasteiger partial charge in [0.2, 0.25) is 0 Å². The van der Waals surface area contributed by atoms with E-state index < -0.39 is 6.10 Å². The van der Waals surface area contributed by atoms with Gasteiger partial charge in [-0.1, -0.05) is 31.4 Å². The number of aliphatic hydroxyl groups is 1. The fourth-order valence-corrected chi connectivity index (χ4v) is 3.28. The second-order valence-electron chi connectivity index (χ2n) is 5.70. The van der Waals surface area contributed by atoms with Gasteiger partial charge in [-0.2, -0.15) is 0 Å². The predicted octanol–water partition coefficient (Wildman–Crippen LogP) is 4.22. The topological polar surface area (TPSA) is 38.7 Å². The van der Waals surface area contributed by atoms with E-state index in [-0.39, 0.29) is 0 Å². The number of hydrogen-bond acceptors (Lipinski definition) is 3. The summed E-state index contributed by atoms with van der Waals surface area (Å²) in [4.78, 5) is 0. The van der Waals surface area contributed by atoms with Gasteiger partial charge in [0, 0.05) is 0 Å². The molecule has 0 spiro atoms. The molecule has 0 radical (unpaired) electrons. The Morgan fingerprint density at radius 3 is 2.35 bits per heavy atom. The van der Waals surface area contributed by atoms with E-state index in [9.17, 15) is 5.11 Å². The summed E-state index contributed by atoms with van der Waals surface area (Å²) in [5.74, 6) is 2.16. The highest BCUT2D eigenvalue weighted by Crippen LogP contribution is 2.42. The molecule has 112 valence electrons. The summed E-state index contributed by atoms with van der Waals surface area (Å²) in [6.45, 7) is 2.27. The van der Waals surface area contributed by atoms with Crippen LogP contribution in [0, 0.1) is 11.8 Å². The van der Waals surface area contributed by atoms with Crippen LogP contribution in [-0.2, 0) is 0 Å². The summed E-state index contributed by atoms with van der Waals surface area (Å²) < 4.78 is 10.5. The van der Waals surface area contributed by atoms with Gasteiger partial charge in [0.1, 0.15) is 0 Å². The van der Waals surface area contributed by atoms with Crippen LogP contribution in [0.4, 0.5) is 0 Å². The van der Waals surface area contributed by atoms with Crippen LogP contribution in [0.2, 0.25) is 5.02 Å². The van der Waals surface area contributed by atoms with Crippen molar-refractivity contribution in [1.82, 2.24) is 0 Å². The monoisotopic (exact) mass is 298 g/mol. The van der Waals surface area contributed by atoms with Crippen molar-refractivity contribution in [3.8, 4) is 11.5 Å². The molecule has 0 aromatic heterocycles. The summed E-state index contributed by atoms with van der Waals surface area (Å²) in [5, 5.41) is 11.1. The molecule has 1 aromatic rings. The van der Waals surface area contributed by atoms with Crippen LogP contribution in [0.3, 0.4) is 0 Å². The molecule has 2 rings (SSSR count). The molecule has 0 saturated heterocycles. The summed E-state index contributed by atoms with van der Waals surface area (Å²) in [6.07, 6.45) is 4.01. The number of hydrogen-bond donors (Lipinski definition) is 1. The van der Waals surface area contributed by atoms with Gasteiger partial charge < -0.3 is 14.6 Å². The molecule has 0 heterocycles. The third kappa shape index (κ3) is 3.21. The van der Waals surface area contributed by atoms with Crippen LogP contribution >= 0.6 is 11.6 Å². The first-order chi connectivity index (χ1) is 9.56. The molecule has 1 N–H and O–H groups in total. The Kier molecular flexibility index (Phi) is 5.17. The number of halogens is 1. The lowest BCUT2D eigenvalue weighted by Crippen LogP contribution is -2.19. The molecule has 0 bridgehead atoms. The fourth-order valence-electron chi connectivity index (χ4n) is 2.98. The third-order valence-electron chi connectivity index (χ3n) is 4.30. The zero-order valence-electron chi connectivity index (χ0n) is 12.4. The van der Waals surface area contributed by atoms with Crippen LogP contribution in [0.15, 0.2) is 12.1 Å².